The first kappa shape index (κ1) is 12.5. The Morgan fingerprint density at radius 2 is 1.95 bits per heavy atom. The molecule has 0 aliphatic carbocycles. The van der Waals surface area contributed by atoms with Crippen LogP contribution in [0.5, 0.6) is 0 Å². The summed E-state index contributed by atoms with van der Waals surface area (Å²) >= 11 is 5.21. The molecule has 4 heteroatoms. The van der Waals surface area contributed by atoms with Gasteiger partial charge in [0.2, 0.25) is 0 Å². The number of hydrogen-bond acceptors (Lipinski definition) is 3. The number of halogens is 1. The third-order valence-corrected chi connectivity index (χ3v) is 4.49. The van der Waals surface area contributed by atoms with E-state index in [1.54, 1.807) is 17.5 Å². The number of thiazole rings is 1. The monoisotopic (exact) mass is 330 g/mol. The largest absolute Gasteiger partial charge is 0.264 e. The molecule has 0 saturated carbocycles. The SMILES string of the molecule is Cc1ccncc1-c1nc(-c2ccccc2Br)cs1. The lowest BCUT2D eigenvalue weighted by Crippen LogP contribution is -1.85. The molecule has 0 N–H and O–H groups in total. The molecule has 3 rings (SSSR count). The van der Waals surface area contributed by atoms with Crippen LogP contribution in [0, 0.1) is 6.92 Å². The van der Waals surface area contributed by atoms with Gasteiger partial charge in [0, 0.05) is 33.4 Å². The summed E-state index contributed by atoms with van der Waals surface area (Å²) in [4.78, 5) is 8.90. The zero-order valence-corrected chi connectivity index (χ0v) is 12.7. The summed E-state index contributed by atoms with van der Waals surface area (Å²) in [6.45, 7) is 2.08. The van der Waals surface area contributed by atoms with Crippen LogP contribution in [-0.4, -0.2) is 9.97 Å². The Labute approximate surface area is 124 Å². The number of pyridine rings is 1. The standard InChI is InChI=1S/C15H11BrN2S/c1-10-6-7-17-8-12(10)15-18-14(9-19-15)11-4-2-3-5-13(11)16/h2-9H,1H3. The molecule has 0 aliphatic rings. The van der Waals surface area contributed by atoms with Gasteiger partial charge in [-0.15, -0.1) is 11.3 Å². The van der Waals surface area contributed by atoms with Crippen LogP contribution < -0.4 is 0 Å². The minimum atomic E-state index is 0.996. The Balaban J connectivity index is 2.06. The van der Waals surface area contributed by atoms with Gasteiger partial charge in [-0.2, -0.15) is 0 Å². The topological polar surface area (TPSA) is 25.8 Å². The smallest absolute Gasteiger partial charge is 0.125 e. The molecule has 0 amide bonds. The zero-order chi connectivity index (χ0) is 13.2. The van der Waals surface area contributed by atoms with Crippen molar-refractivity contribution in [3.63, 3.8) is 0 Å². The van der Waals surface area contributed by atoms with Crippen LogP contribution in [0.2, 0.25) is 0 Å². The van der Waals surface area contributed by atoms with Crippen LogP contribution in [0.15, 0.2) is 52.6 Å². The number of nitrogens with zero attached hydrogens (tertiary/aromatic N) is 2. The van der Waals surface area contributed by atoms with E-state index in [4.69, 9.17) is 4.98 Å². The van der Waals surface area contributed by atoms with Crippen molar-refractivity contribution in [2.24, 2.45) is 0 Å². The van der Waals surface area contributed by atoms with Crippen LogP contribution in [0.3, 0.4) is 0 Å². The highest BCUT2D eigenvalue weighted by Crippen LogP contribution is 2.33. The Morgan fingerprint density at radius 3 is 2.74 bits per heavy atom. The predicted molar refractivity (Wildman–Crippen MR) is 83.2 cm³/mol. The lowest BCUT2D eigenvalue weighted by atomic mass is 10.1. The average Bonchev–Trinajstić information content (AvgIpc) is 2.89. The van der Waals surface area contributed by atoms with Crippen molar-refractivity contribution in [2.45, 2.75) is 6.92 Å². The second kappa shape index (κ2) is 5.23. The van der Waals surface area contributed by atoms with Crippen molar-refractivity contribution in [1.82, 2.24) is 9.97 Å². The summed E-state index contributed by atoms with van der Waals surface area (Å²) in [6, 6.07) is 10.1. The summed E-state index contributed by atoms with van der Waals surface area (Å²) in [5.74, 6) is 0. The highest BCUT2D eigenvalue weighted by atomic mass is 79.9. The molecule has 0 saturated heterocycles. The second-order valence-corrected chi connectivity index (χ2v) is 5.92. The Morgan fingerprint density at radius 1 is 1.11 bits per heavy atom. The van der Waals surface area contributed by atoms with Crippen LogP contribution in [0.4, 0.5) is 0 Å². The van der Waals surface area contributed by atoms with E-state index in [0.29, 0.717) is 0 Å². The average molecular weight is 331 g/mol. The van der Waals surface area contributed by atoms with E-state index < -0.39 is 0 Å². The Bertz CT molecular complexity index is 661. The lowest BCUT2D eigenvalue weighted by molar-refractivity contribution is 1.27. The molecule has 2 aromatic heterocycles. The maximum absolute atomic E-state index is 4.72. The van der Waals surface area contributed by atoms with Gasteiger partial charge in [-0.05, 0) is 24.6 Å². The van der Waals surface area contributed by atoms with Gasteiger partial charge in [0.15, 0.2) is 0 Å². The quantitative estimate of drug-likeness (QED) is 0.664. The normalized spacial score (nSPS) is 10.6. The summed E-state index contributed by atoms with van der Waals surface area (Å²) in [5, 5.41) is 3.10. The molecule has 0 unspecified atom stereocenters. The molecule has 0 atom stereocenters. The van der Waals surface area contributed by atoms with Crippen LogP contribution in [0.1, 0.15) is 5.56 Å². The van der Waals surface area contributed by atoms with Gasteiger partial charge in [-0.3, -0.25) is 4.98 Å². The third-order valence-electron chi connectivity index (χ3n) is 2.92. The van der Waals surface area contributed by atoms with Gasteiger partial charge in [0.25, 0.3) is 0 Å². The molecule has 0 aliphatic heterocycles. The molecular formula is C15H11BrN2S. The van der Waals surface area contributed by atoms with E-state index in [1.165, 1.54) is 5.56 Å². The predicted octanol–water partition coefficient (Wildman–Crippen LogP) is 4.94. The summed E-state index contributed by atoms with van der Waals surface area (Å²) in [6.07, 6.45) is 3.68. The molecule has 0 radical (unpaired) electrons. The van der Waals surface area contributed by atoms with E-state index in [1.807, 2.05) is 30.5 Å². The minimum absolute atomic E-state index is 0.996. The lowest BCUT2D eigenvalue weighted by Gasteiger charge is -2.01. The molecular weight excluding hydrogens is 320 g/mol. The van der Waals surface area contributed by atoms with Gasteiger partial charge in [0.1, 0.15) is 5.01 Å². The number of rotatable bonds is 2. The number of hydrogen-bond donors (Lipinski definition) is 0. The van der Waals surface area contributed by atoms with Crippen molar-refractivity contribution in [1.29, 1.82) is 0 Å². The number of aryl methyl sites for hydroxylation is 1. The highest BCUT2D eigenvalue weighted by molar-refractivity contribution is 9.10. The summed E-state index contributed by atoms with van der Waals surface area (Å²) in [5.41, 5.74) is 4.41. The Hall–Kier alpha value is -1.52. The van der Waals surface area contributed by atoms with Gasteiger partial charge < -0.3 is 0 Å². The van der Waals surface area contributed by atoms with Crippen molar-refractivity contribution < 1.29 is 0 Å². The molecule has 0 fully saturated rings. The molecule has 2 nitrogen and oxygen atoms in total. The van der Waals surface area contributed by atoms with E-state index in [-0.39, 0.29) is 0 Å². The van der Waals surface area contributed by atoms with Gasteiger partial charge in [0.05, 0.1) is 5.69 Å². The molecule has 19 heavy (non-hydrogen) atoms. The summed E-state index contributed by atoms with van der Waals surface area (Å²) in [7, 11) is 0. The van der Waals surface area contributed by atoms with Crippen LogP contribution in [-0.2, 0) is 0 Å². The van der Waals surface area contributed by atoms with Gasteiger partial charge in [-0.1, -0.05) is 34.1 Å². The molecule has 0 bridgehead atoms. The Kier molecular flexibility index (Phi) is 3.44. The van der Waals surface area contributed by atoms with Crippen molar-refractivity contribution >= 4 is 27.3 Å². The van der Waals surface area contributed by atoms with E-state index in [2.05, 4.69) is 39.3 Å². The van der Waals surface area contributed by atoms with E-state index in [9.17, 15) is 0 Å². The summed E-state index contributed by atoms with van der Waals surface area (Å²) < 4.78 is 1.06. The van der Waals surface area contributed by atoms with Crippen molar-refractivity contribution in [2.75, 3.05) is 0 Å². The van der Waals surface area contributed by atoms with Gasteiger partial charge >= 0.3 is 0 Å². The van der Waals surface area contributed by atoms with E-state index >= 15 is 0 Å². The molecule has 2 heterocycles. The molecule has 0 spiro atoms. The van der Waals surface area contributed by atoms with Crippen molar-refractivity contribution in [3.8, 4) is 21.8 Å². The first-order chi connectivity index (χ1) is 9.25. The van der Waals surface area contributed by atoms with Gasteiger partial charge in [-0.25, -0.2) is 4.98 Å². The minimum Gasteiger partial charge on any atom is -0.264 e. The fourth-order valence-corrected chi connectivity index (χ4v) is 3.26. The number of benzene rings is 1. The van der Waals surface area contributed by atoms with Crippen LogP contribution >= 0.6 is 27.3 Å². The molecule has 94 valence electrons. The van der Waals surface area contributed by atoms with Crippen molar-refractivity contribution in [3.05, 3.63) is 58.1 Å². The van der Waals surface area contributed by atoms with E-state index in [0.717, 1.165) is 26.3 Å². The van der Waals surface area contributed by atoms with Crippen LogP contribution in [0.25, 0.3) is 21.8 Å². The first-order valence-electron chi connectivity index (χ1n) is 5.87. The highest BCUT2D eigenvalue weighted by Gasteiger charge is 2.10. The first-order valence-corrected chi connectivity index (χ1v) is 7.54. The maximum Gasteiger partial charge on any atom is 0.125 e. The second-order valence-electron chi connectivity index (χ2n) is 4.21. The fourth-order valence-electron chi connectivity index (χ4n) is 1.88. The third kappa shape index (κ3) is 2.46. The number of aromatic nitrogens is 2. The maximum atomic E-state index is 4.72. The zero-order valence-electron chi connectivity index (χ0n) is 10.3. The fraction of sp³-hybridized carbons (Fsp3) is 0.0667. The molecule has 3 aromatic rings. The molecule has 1 aromatic carbocycles.